The summed E-state index contributed by atoms with van der Waals surface area (Å²) in [5.74, 6) is 0.890. The number of carbonyl (C=O) groups excluding carboxylic acids is 1. The Morgan fingerprint density at radius 2 is 1.95 bits per heavy atom. The van der Waals surface area contributed by atoms with Crippen molar-refractivity contribution in [1.29, 1.82) is 0 Å². The minimum absolute atomic E-state index is 0.0997. The van der Waals surface area contributed by atoms with Gasteiger partial charge in [0.2, 0.25) is 0 Å². The third-order valence-corrected chi connectivity index (χ3v) is 3.11. The van der Waals surface area contributed by atoms with E-state index in [1.165, 1.54) is 0 Å². The Kier molecular flexibility index (Phi) is 4.56. The van der Waals surface area contributed by atoms with Crippen molar-refractivity contribution < 1.29 is 9.53 Å². The Morgan fingerprint density at radius 1 is 1.25 bits per heavy atom. The van der Waals surface area contributed by atoms with Gasteiger partial charge < -0.3 is 4.74 Å². The maximum absolute atomic E-state index is 12.3. The van der Waals surface area contributed by atoms with Crippen LogP contribution < -0.4 is 4.74 Å². The van der Waals surface area contributed by atoms with Gasteiger partial charge in [0.05, 0.1) is 18.7 Å². The molecule has 0 aliphatic rings. The molecule has 4 nitrogen and oxygen atoms in total. The summed E-state index contributed by atoms with van der Waals surface area (Å²) in [6, 6.07) is 9.26. The predicted molar refractivity (Wildman–Crippen MR) is 78.3 cm³/mol. The van der Waals surface area contributed by atoms with E-state index >= 15 is 0 Å². The van der Waals surface area contributed by atoms with Crippen molar-refractivity contribution in [3.05, 3.63) is 47.3 Å². The number of ketones is 1. The van der Waals surface area contributed by atoms with Crippen molar-refractivity contribution in [1.82, 2.24) is 9.78 Å². The maximum Gasteiger partial charge on any atom is 0.168 e. The van der Waals surface area contributed by atoms with Gasteiger partial charge in [-0.25, -0.2) is 0 Å². The number of Topliss-reactive ketones (excluding diaryl/α,β-unsaturated/α-hetero) is 1. The van der Waals surface area contributed by atoms with Crippen LogP contribution in [0.2, 0.25) is 0 Å². The highest BCUT2D eigenvalue weighted by Gasteiger charge is 2.11. The second-order valence-corrected chi connectivity index (χ2v) is 4.65. The van der Waals surface area contributed by atoms with Gasteiger partial charge in [0.15, 0.2) is 5.78 Å². The number of carbonyl (C=O) groups is 1. The minimum Gasteiger partial charge on any atom is -0.494 e. The Balaban J connectivity index is 2.11. The van der Waals surface area contributed by atoms with Crippen LogP contribution in [0.1, 0.15) is 35.6 Å². The molecule has 0 atom stereocenters. The van der Waals surface area contributed by atoms with Gasteiger partial charge in [0, 0.05) is 17.8 Å². The monoisotopic (exact) mass is 272 g/mol. The molecule has 2 rings (SSSR count). The number of rotatable bonds is 6. The van der Waals surface area contributed by atoms with E-state index < -0.39 is 0 Å². The zero-order chi connectivity index (χ0) is 14.5. The van der Waals surface area contributed by atoms with Crippen molar-refractivity contribution in [3.63, 3.8) is 0 Å². The lowest BCUT2D eigenvalue weighted by molar-refractivity contribution is 0.0990. The molecule has 0 radical (unpaired) electrons. The summed E-state index contributed by atoms with van der Waals surface area (Å²) in [7, 11) is 0. The summed E-state index contributed by atoms with van der Waals surface area (Å²) in [5.41, 5.74) is 2.61. The molecule has 1 aromatic heterocycles. The molecule has 0 aliphatic heterocycles. The SMILES string of the molecule is CCOc1ccc(C(=O)Cc2cc(C)nn2CC)cc1. The van der Waals surface area contributed by atoms with Gasteiger partial charge >= 0.3 is 0 Å². The third kappa shape index (κ3) is 3.26. The standard InChI is InChI=1S/C16H20N2O2/c1-4-18-14(10-12(3)17-18)11-16(19)13-6-8-15(9-7-13)20-5-2/h6-10H,4-5,11H2,1-3H3. The molecular formula is C16H20N2O2. The van der Waals surface area contributed by atoms with Crippen LogP contribution >= 0.6 is 0 Å². The second kappa shape index (κ2) is 6.37. The molecule has 0 fully saturated rings. The molecule has 0 unspecified atom stereocenters. The Bertz CT molecular complexity index is 585. The van der Waals surface area contributed by atoms with Crippen molar-refractivity contribution >= 4 is 5.78 Å². The van der Waals surface area contributed by atoms with E-state index in [0.29, 0.717) is 18.6 Å². The van der Waals surface area contributed by atoms with Gasteiger partial charge in [-0.3, -0.25) is 9.48 Å². The Labute approximate surface area is 119 Å². The number of hydrogen-bond donors (Lipinski definition) is 0. The van der Waals surface area contributed by atoms with Crippen LogP contribution in [0.3, 0.4) is 0 Å². The van der Waals surface area contributed by atoms with Gasteiger partial charge in [-0.05, 0) is 51.1 Å². The Hall–Kier alpha value is -2.10. The summed E-state index contributed by atoms with van der Waals surface area (Å²) in [4.78, 5) is 12.3. The first-order valence-corrected chi connectivity index (χ1v) is 6.93. The van der Waals surface area contributed by atoms with Crippen LogP contribution in [-0.4, -0.2) is 22.2 Å². The van der Waals surface area contributed by atoms with E-state index in [9.17, 15) is 4.79 Å². The maximum atomic E-state index is 12.3. The van der Waals surface area contributed by atoms with Crippen LogP contribution in [0, 0.1) is 6.92 Å². The first-order chi connectivity index (χ1) is 9.63. The van der Waals surface area contributed by atoms with Crippen LogP contribution in [0.5, 0.6) is 5.75 Å². The van der Waals surface area contributed by atoms with Gasteiger partial charge in [0.25, 0.3) is 0 Å². The molecule has 1 heterocycles. The average molecular weight is 272 g/mol. The zero-order valence-corrected chi connectivity index (χ0v) is 12.2. The molecule has 0 aliphatic carbocycles. The molecule has 0 N–H and O–H groups in total. The van der Waals surface area contributed by atoms with Gasteiger partial charge in [-0.15, -0.1) is 0 Å². The summed E-state index contributed by atoms with van der Waals surface area (Å²) in [6.07, 6.45) is 0.378. The van der Waals surface area contributed by atoms with Crippen molar-refractivity contribution in [3.8, 4) is 5.75 Å². The molecule has 0 saturated carbocycles. The van der Waals surface area contributed by atoms with E-state index in [1.54, 1.807) is 0 Å². The lowest BCUT2D eigenvalue weighted by Gasteiger charge is -2.06. The van der Waals surface area contributed by atoms with E-state index in [2.05, 4.69) is 5.10 Å². The van der Waals surface area contributed by atoms with E-state index in [-0.39, 0.29) is 5.78 Å². The molecule has 0 bridgehead atoms. The highest BCUT2D eigenvalue weighted by atomic mass is 16.5. The lowest BCUT2D eigenvalue weighted by Crippen LogP contribution is -2.09. The fourth-order valence-corrected chi connectivity index (χ4v) is 2.19. The normalized spacial score (nSPS) is 10.6. The van der Waals surface area contributed by atoms with Crippen LogP contribution in [0.4, 0.5) is 0 Å². The van der Waals surface area contributed by atoms with E-state index in [1.807, 2.05) is 55.8 Å². The van der Waals surface area contributed by atoms with Crippen molar-refractivity contribution in [2.75, 3.05) is 6.61 Å². The zero-order valence-electron chi connectivity index (χ0n) is 12.2. The quantitative estimate of drug-likeness (QED) is 0.759. The number of aryl methyl sites for hydroxylation is 2. The molecular weight excluding hydrogens is 252 g/mol. The number of aromatic nitrogens is 2. The molecule has 2 aromatic rings. The number of nitrogens with zero attached hydrogens (tertiary/aromatic N) is 2. The molecule has 106 valence electrons. The van der Waals surface area contributed by atoms with Crippen molar-refractivity contribution in [2.24, 2.45) is 0 Å². The average Bonchev–Trinajstić information content (AvgIpc) is 2.80. The highest BCUT2D eigenvalue weighted by molar-refractivity contribution is 5.97. The van der Waals surface area contributed by atoms with E-state index in [4.69, 9.17) is 4.74 Å². The summed E-state index contributed by atoms with van der Waals surface area (Å²) in [6.45, 7) is 7.31. The minimum atomic E-state index is 0.0997. The molecule has 1 aromatic carbocycles. The highest BCUT2D eigenvalue weighted by Crippen LogP contribution is 2.14. The lowest BCUT2D eigenvalue weighted by atomic mass is 10.1. The largest absolute Gasteiger partial charge is 0.494 e. The molecule has 4 heteroatoms. The van der Waals surface area contributed by atoms with Crippen LogP contribution in [0.25, 0.3) is 0 Å². The van der Waals surface area contributed by atoms with Crippen molar-refractivity contribution in [2.45, 2.75) is 33.7 Å². The molecule has 20 heavy (non-hydrogen) atoms. The van der Waals surface area contributed by atoms with Gasteiger partial charge in [0.1, 0.15) is 5.75 Å². The van der Waals surface area contributed by atoms with E-state index in [0.717, 1.165) is 23.7 Å². The second-order valence-electron chi connectivity index (χ2n) is 4.65. The first kappa shape index (κ1) is 14.3. The topological polar surface area (TPSA) is 44.1 Å². The van der Waals surface area contributed by atoms with Crippen LogP contribution in [0.15, 0.2) is 30.3 Å². The van der Waals surface area contributed by atoms with Crippen LogP contribution in [-0.2, 0) is 13.0 Å². The summed E-state index contributed by atoms with van der Waals surface area (Å²) in [5, 5.41) is 4.36. The fraction of sp³-hybridized carbons (Fsp3) is 0.375. The summed E-state index contributed by atoms with van der Waals surface area (Å²) < 4.78 is 7.25. The summed E-state index contributed by atoms with van der Waals surface area (Å²) >= 11 is 0. The first-order valence-electron chi connectivity index (χ1n) is 6.93. The number of hydrogen-bond acceptors (Lipinski definition) is 3. The smallest absolute Gasteiger partial charge is 0.168 e. The molecule has 0 amide bonds. The third-order valence-electron chi connectivity index (χ3n) is 3.11. The number of benzene rings is 1. The fourth-order valence-electron chi connectivity index (χ4n) is 2.19. The predicted octanol–water partition coefficient (Wildman–Crippen LogP) is 3.04. The number of ether oxygens (including phenoxy) is 1. The van der Waals surface area contributed by atoms with Gasteiger partial charge in [-0.1, -0.05) is 0 Å². The van der Waals surface area contributed by atoms with Gasteiger partial charge in [-0.2, -0.15) is 5.10 Å². The molecule has 0 spiro atoms. The Morgan fingerprint density at radius 3 is 2.55 bits per heavy atom. The molecule has 0 saturated heterocycles.